The molecule has 0 aliphatic heterocycles. The van der Waals surface area contributed by atoms with Gasteiger partial charge in [0.1, 0.15) is 0 Å². The first kappa shape index (κ1) is 14.4. The zero-order valence-electron chi connectivity index (χ0n) is 12.5. The van der Waals surface area contributed by atoms with Crippen LogP contribution in [-0.4, -0.2) is 16.2 Å². The van der Waals surface area contributed by atoms with Crippen molar-refractivity contribution >= 4 is 48.8 Å². The van der Waals surface area contributed by atoms with Gasteiger partial charge in [-0.05, 0) is 48.9 Å². The maximum absolute atomic E-state index is 10.9. The number of aryl methyl sites for hydroxylation is 1. The summed E-state index contributed by atoms with van der Waals surface area (Å²) in [6.45, 7) is 3.96. The van der Waals surface area contributed by atoms with Gasteiger partial charge in [0.15, 0.2) is 5.76 Å². The summed E-state index contributed by atoms with van der Waals surface area (Å²) in [5, 5.41) is 15.2. The van der Waals surface area contributed by atoms with E-state index in [1.54, 1.807) is 22.7 Å². The third-order valence-corrected chi connectivity index (χ3v) is 6.11. The van der Waals surface area contributed by atoms with Crippen LogP contribution in [0.25, 0.3) is 30.8 Å². The quantitative estimate of drug-likeness (QED) is 0.567. The van der Waals surface area contributed by atoms with E-state index in [2.05, 4.69) is 23.4 Å². The molecule has 0 atom stereocenters. The number of fused-ring (bicyclic) bond motifs is 2. The molecule has 0 bridgehead atoms. The lowest BCUT2D eigenvalue weighted by molar-refractivity contribution is -0.136. The Hall–Kier alpha value is -2.18. The van der Waals surface area contributed by atoms with Gasteiger partial charge in [-0.2, -0.15) is 0 Å². The van der Waals surface area contributed by atoms with Crippen molar-refractivity contribution < 1.29 is 14.4 Å². The normalized spacial score (nSPS) is 11.6. The highest BCUT2D eigenvalue weighted by molar-refractivity contribution is 7.22. The average Bonchev–Trinajstić information content (AvgIpc) is 3.13. The number of thiophene rings is 2. The van der Waals surface area contributed by atoms with E-state index in [1.165, 1.54) is 4.70 Å². The molecule has 0 aliphatic rings. The Morgan fingerprint density at radius 2 is 1.83 bits per heavy atom. The van der Waals surface area contributed by atoms with Crippen LogP contribution in [0.15, 0.2) is 28.8 Å². The second-order valence-electron chi connectivity index (χ2n) is 5.54. The predicted octanol–water partition coefficient (Wildman–Crippen LogP) is 5.01. The van der Waals surface area contributed by atoms with Crippen molar-refractivity contribution in [3.05, 3.63) is 40.4 Å². The first-order valence-corrected chi connectivity index (χ1v) is 8.75. The molecule has 3 aromatic heterocycles. The summed E-state index contributed by atoms with van der Waals surface area (Å²) in [5.41, 5.74) is 1.99. The number of rotatable bonds is 3. The van der Waals surface area contributed by atoms with Crippen molar-refractivity contribution in [2.75, 3.05) is 0 Å². The van der Waals surface area contributed by atoms with E-state index in [0.29, 0.717) is 0 Å². The highest BCUT2D eigenvalue weighted by Gasteiger charge is 2.15. The summed E-state index contributed by atoms with van der Waals surface area (Å²) < 4.78 is 7.73. The molecule has 0 aliphatic carbocycles. The molecule has 1 N–H and O–H groups in total. The van der Waals surface area contributed by atoms with Gasteiger partial charge < -0.3 is 9.63 Å². The maximum Gasteiger partial charge on any atom is 0.308 e. The fourth-order valence-electron chi connectivity index (χ4n) is 2.62. The van der Waals surface area contributed by atoms with E-state index in [0.717, 1.165) is 42.2 Å². The fourth-order valence-corrected chi connectivity index (χ4v) is 4.83. The van der Waals surface area contributed by atoms with Gasteiger partial charge in [-0.15, -0.1) is 22.7 Å². The molecule has 23 heavy (non-hydrogen) atoms. The summed E-state index contributed by atoms with van der Waals surface area (Å²) in [6, 6.07) is 8.33. The number of aliphatic carboxylic acids is 1. The summed E-state index contributed by atoms with van der Waals surface area (Å²) in [4.78, 5) is 12.8. The molecule has 6 heteroatoms. The Kier molecular flexibility index (Phi) is 3.25. The Morgan fingerprint density at radius 1 is 1.13 bits per heavy atom. The number of nitrogens with zero attached hydrogens (tertiary/aromatic N) is 1. The van der Waals surface area contributed by atoms with Gasteiger partial charge in [0.05, 0.1) is 17.0 Å². The molecule has 0 saturated heterocycles. The van der Waals surface area contributed by atoms with Crippen molar-refractivity contribution in [2.24, 2.45) is 0 Å². The molecule has 0 radical (unpaired) electrons. The Bertz CT molecular complexity index is 1000. The van der Waals surface area contributed by atoms with Gasteiger partial charge in [0.2, 0.25) is 0 Å². The van der Waals surface area contributed by atoms with Crippen LogP contribution in [-0.2, 0) is 11.2 Å². The van der Waals surface area contributed by atoms with Crippen molar-refractivity contribution in [1.82, 2.24) is 5.16 Å². The van der Waals surface area contributed by atoms with Gasteiger partial charge in [-0.1, -0.05) is 5.16 Å². The van der Waals surface area contributed by atoms with Crippen LogP contribution in [0.4, 0.5) is 0 Å². The lowest BCUT2D eigenvalue weighted by Crippen LogP contribution is -1.96. The fraction of sp³-hybridized carbons (Fsp3) is 0.176. The lowest BCUT2D eigenvalue weighted by atomic mass is 10.1. The zero-order valence-corrected chi connectivity index (χ0v) is 14.2. The zero-order chi connectivity index (χ0) is 16.1. The molecule has 0 unspecified atom stereocenters. The molecule has 116 valence electrons. The number of hydrogen-bond donors (Lipinski definition) is 1. The molecule has 4 aromatic rings. The maximum atomic E-state index is 10.9. The Morgan fingerprint density at radius 3 is 2.48 bits per heavy atom. The second-order valence-corrected chi connectivity index (χ2v) is 7.80. The van der Waals surface area contributed by atoms with Gasteiger partial charge >= 0.3 is 5.97 Å². The second kappa shape index (κ2) is 5.18. The Balaban J connectivity index is 1.83. The van der Waals surface area contributed by atoms with Crippen LogP contribution < -0.4 is 0 Å². The van der Waals surface area contributed by atoms with E-state index < -0.39 is 5.97 Å². The number of carboxylic acid groups (broad SMARTS) is 1. The average molecular weight is 343 g/mol. The third kappa shape index (κ3) is 2.44. The minimum Gasteiger partial charge on any atom is -0.481 e. The van der Waals surface area contributed by atoms with Crippen LogP contribution in [0, 0.1) is 13.8 Å². The molecule has 4 nitrogen and oxygen atoms in total. The largest absolute Gasteiger partial charge is 0.481 e. The van der Waals surface area contributed by atoms with Crippen LogP contribution in [0.3, 0.4) is 0 Å². The van der Waals surface area contributed by atoms with Gasteiger partial charge in [-0.25, -0.2) is 0 Å². The van der Waals surface area contributed by atoms with Crippen molar-refractivity contribution in [3.8, 4) is 10.6 Å². The molecule has 0 amide bonds. The van der Waals surface area contributed by atoms with Crippen molar-refractivity contribution in [3.63, 3.8) is 0 Å². The molecule has 0 fully saturated rings. The first-order chi connectivity index (χ1) is 11.0. The summed E-state index contributed by atoms with van der Waals surface area (Å²) in [6.07, 6.45) is 0.0782. The standard InChI is InChI=1S/C17H13NO3S2/c1-8-9(2)18-21-17(8)15-6-11-5-13-10(4-14(11)23-15)3-12(22-13)7-16(19)20/h3-6H,7H2,1-2H3,(H,19,20). The number of carboxylic acids is 1. The topological polar surface area (TPSA) is 63.3 Å². The SMILES string of the molecule is Cc1noc(-c2cc3cc4sc(CC(=O)O)cc4cc3s2)c1C. The van der Waals surface area contributed by atoms with Crippen LogP contribution in [0.2, 0.25) is 0 Å². The molecule has 3 heterocycles. The van der Waals surface area contributed by atoms with Crippen molar-refractivity contribution in [1.29, 1.82) is 0 Å². The van der Waals surface area contributed by atoms with Crippen LogP contribution >= 0.6 is 22.7 Å². The number of carbonyl (C=O) groups is 1. The van der Waals surface area contributed by atoms with Crippen molar-refractivity contribution in [2.45, 2.75) is 20.3 Å². The van der Waals surface area contributed by atoms with Gasteiger partial charge in [0.25, 0.3) is 0 Å². The Labute approximate surface area is 140 Å². The molecule has 1 aromatic carbocycles. The van der Waals surface area contributed by atoms with Crippen LogP contribution in [0.1, 0.15) is 16.1 Å². The summed E-state index contributed by atoms with van der Waals surface area (Å²) in [5.74, 6) is 0.0374. The number of hydrogen-bond acceptors (Lipinski definition) is 5. The van der Waals surface area contributed by atoms with E-state index in [4.69, 9.17) is 9.63 Å². The molecular formula is C17H13NO3S2. The first-order valence-electron chi connectivity index (χ1n) is 7.12. The number of benzene rings is 1. The molecular weight excluding hydrogens is 330 g/mol. The highest BCUT2D eigenvalue weighted by atomic mass is 32.1. The minimum atomic E-state index is -0.795. The molecule has 0 saturated carbocycles. The minimum absolute atomic E-state index is 0.0782. The van der Waals surface area contributed by atoms with E-state index in [1.807, 2.05) is 19.9 Å². The van der Waals surface area contributed by atoms with Gasteiger partial charge in [-0.3, -0.25) is 4.79 Å². The van der Waals surface area contributed by atoms with E-state index >= 15 is 0 Å². The monoisotopic (exact) mass is 343 g/mol. The van der Waals surface area contributed by atoms with Gasteiger partial charge in [0, 0.05) is 19.8 Å². The third-order valence-electron chi connectivity index (χ3n) is 3.91. The number of aromatic nitrogens is 1. The highest BCUT2D eigenvalue weighted by Crippen LogP contribution is 2.39. The summed E-state index contributed by atoms with van der Waals surface area (Å²) in [7, 11) is 0. The van der Waals surface area contributed by atoms with E-state index in [9.17, 15) is 4.79 Å². The lowest BCUT2D eigenvalue weighted by Gasteiger charge is -1.90. The predicted molar refractivity (Wildman–Crippen MR) is 93.5 cm³/mol. The smallest absolute Gasteiger partial charge is 0.308 e. The summed E-state index contributed by atoms with van der Waals surface area (Å²) >= 11 is 3.21. The van der Waals surface area contributed by atoms with E-state index in [-0.39, 0.29) is 6.42 Å². The van der Waals surface area contributed by atoms with Crippen LogP contribution in [0.5, 0.6) is 0 Å². The molecule has 4 rings (SSSR count). The molecule has 0 spiro atoms.